The van der Waals surface area contributed by atoms with Crippen LogP contribution in [0.5, 0.6) is 0 Å². The molecule has 2 saturated heterocycles. The molecule has 4 aliphatic rings. The Kier molecular flexibility index (Phi) is 3.55. The molecule has 0 aromatic heterocycles. The van der Waals surface area contributed by atoms with Gasteiger partial charge in [-0.1, -0.05) is 0 Å². The van der Waals surface area contributed by atoms with Crippen LogP contribution in [0.1, 0.15) is 44.9 Å². The second-order valence-corrected chi connectivity index (χ2v) is 7.18. The van der Waals surface area contributed by atoms with E-state index < -0.39 is 0 Å². The molecule has 2 heterocycles. The highest BCUT2D eigenvalue weighted by Crippen LogP contribution is 2.39. The van der Waals surface area contributed by atoms with Crippen molar-refractivity contribution in [3.63, 3.8) is 0 Å². The minimum atomic E-state index is 0.564. The van der Waals surface area contributed by atoms with Gasteiger partial charge >= 0.3 is 0 Å². The van der Waals surface area contributed by atoms with Gasteiger partial charge in [-0.3, -0.25) is 4.90 Å². The van der Waals surface area contributed by atoms with Crippen LogP contribution in [0.4, 0.5) is 0 Å². The van der Waals surface area contributed by atoms with Gasteiger partial charge in [-0.05, 0) is 56.8 Å². The van der Waals surface area contributed by atoms with E-state index in [1.165, 1.54) is 64.6 Å². The van der Waals surface area contributed by atoms with Gasteiger partial charge in [0.25, 0.3) is 0 Å². The van der Waals surface area contributed by atoms with E-state index in [4.69, 9.17) is 4.74 Å². The predicted molar refractivity (Wildman–Crippen MR) is 76.2 cm³/mol. The van der Waals surface area contributed by atoms with Crippen LogP contribution >= 0.6 is 0 Å². The van der Waals surface area contributed by atoms with E-state index in [1.54, 1.807) is 0 Å². The number of hydrogen-bond donors (Lipinski definition) is 1. The Bertz CT molecular complexity index is 308. The minimum absolute atomic E-state index is 0.564. The van der Waals surface area contributed by atoms with Crippen molar-refractivity contribution >= 4 is 0 Å². The summed E-state index contributed by atoms with van der Waals surface area (Å²) >= 11 is 0. The monoisotopic (exact) mass is 264 g/mol. The summed E-state index contributed by atoms with van der Waals surface area (Å²) in [7, 11) is 0. The van der Waals surface area contributed by atoms with Crippen molar-refractivity contribution in [1.29, 1.82) is 0 Å². The lowest BCUT2D eigenvalue weighted by molar-refractivity contribution is 0.0630. The molecule has 19 heavy (non-hydrogen) atoms. The summed E-state index contributed by atoms with van der Waals surface area (Å²) in [5, 5.41) is 3.84. The molecule has 3 atom stereocenters. The maximum absolute atomic E-state index is 5.80. The van der Waals surface area contributed by atoms with Gasteiger partial charge in [0, 0.05) is 38.3 Å². The third-order valence-corrected chi connectivity index (χ3v) is 5.61. The third-order valence-electron chi connectivity index (χ3n) is 5.61. The number of rotatable bonds is 5. The minimum Gasteiger partial charge on any atom is -0.378 e. The molecule has 108 valence electrons. The molecule has 0 aromatic rings. The molecule has 0 radical (unpaired) electrons. The highest BCUT2D eigenvalue weighted by Gasteiger charge is 2.42. The highest BCUT2D eigenvalue weighted by molar-refractivity contribution is 4.99. The summed E-state index contributed by atoms with van der Waals surface area (Å²) in [6.07, 6.45) is 10.3. The molecule has 0 spiro atoms. The predicted octanol–water partition coefficient (Wildman–Crippen LogP) is 2.02. The number of nitrogens with zero attached hydrogens (tertiary/aromatic N) is 1. The van der Waals surface area contributed by atoms with Crippen molar-refractivity contribution in [2.24, 2.45) is 11.8 Å². The molecule has 2 saturated carbocycles. The first-order valence-electron chi connectivity index (χ1n) is 8.49. The van der Waals surface area contributed by atoms with Crippen molar-refractivity contribution in [3.05, 3.63) is 0 Å². The van der Waals surface area contributed by atoms with Crippen molar-refractivity contribution in [1.82, 2.24) is 10.2 Å². The first-order valence-corrected chi connectivity index (χ1v) is 8.49. The number of piperazine rings is 1. The largest absolute Gasteiger partial charge is 0.378 e. The van der Waals surface area contributed by atoms with Crippen molar-refractivity contribution < 1.29 is 4.74 Å². The fourth-order valence-corrected chi connectivity index (χ4v) is 4.05. The summed E-state index contributed by atoms with van der Waals surface area (Å²) < 4.78 is 5.80. The summed E-state index contributed by atoms with van der Waals surface area (Å²) in [6.45, 7) is 4.83. The molecular formula is C16H28N2O. The van der Waals surface area contributed by atoms with E-state index in [2.05, 4.69) is 10.2 Å². The SMILES string of the molecule is C1COC(CCN2CC(C3CC3)NCC2C2CC2)C1. The maximum atomic E-state index is 5.80. The average molecular weight is 264 g/mol. The van der Waals surface area contributed by atoms with Gasteiger partial charge in [0.15, 0.2) is 0 Å². The zero-order chi connectivity index (χ0) is 12.7. The van der Waals surface area contributed by atoms with Crippen LogP contribution in [0.2, 0.25) is 0 Å². The summed E-state index contributed by atoms with van der Waals surface area (Å²) in [4.78, 5) is 2.82. The molecule has 1 N–H and O–H groups in total. The van der Waals surface area contributed by atoms with E-state index in [1.807, 2.05) is 0 Å². The van der Waals surface area contributed by atoms with Crippen LogP contribution < -0.4 is 5.32 Å². The van der Waals surface area contributed by atoms with Crippen LogP contribution in [0.3, 0.4) is 0 Å². The van der Waals surface area contributed by atoms with Crippen LogP contribution in [-0.4, -0.2) is 49.3 Å². The molecule has 2 aliphatic heterocycles. The second-order valence-electron chi connectivity index (χ2n) is 7.18. The molecule has 3 unspecified atom stereocenters. The lowest BCUT2D eigenvalue weighted by atomic mass is 10.0. The number of ether oxygens (including phenoxy) is 1. The van der Waals surface area contributed by atoms with Gasteiger partial charge in [-0.15, -0.1) is 0 Å². The highest BCUT2D eigenvalue weighted by atomic mass is 16.5. The quantitative estimate of drug-likeness (QED) is 0.822. The summed E-state index contributed by atoms with van der Waals surface area (Å²) in [6, 6.07) is 1.62. The van der Waals surface area contributed by atoms with Crippen LogP contribution in [0.25, 0.3) is 0 Å². The van der Waals surface area contributed by atoms with Gasteiger partial charge in [0.1, 0.15) is 0 Å². The van der Waals surface area contributed by atoms with Crippen molar-refractivity contribution in [2.45, 2.75) is 63.1 Å². The Morgan fingerprint density at radius 1 is 1.05 bits per heavy atom. The molecule has 2 aliphatic carbocycles. The Morgan fingerprint density at radius 3 is 2.58 bits per heavy atom. The molecule has 4 rings (SSSR count). The zero-order valence-corrected chi connectivity index (χ0v) is 12.0. The van der Waals surface area contributed by atoms with Crippen molar-refractivity contribution in [2.75, 3.05) is 26.2 Å². The number of nitrogens with one attached hydrogen (secondary N) is 1. The molecule has 4 fully saturated rings. The Labute approximate surface area is 117 Å². The van der Waals surface area contributed by atoms with Gasteiger partial charge in [-0.25, -0.2) is 0 Å². The molecule has 0 aromatic carbocycles. The van der Waals surface area contributed by atoms with E-state index in [0.717, 1.165) is 30.5 Å². The maximum Gasteiger partial charge on any atom is 0.0588 e. The molecule has 3 nitrogen and oxygen atoms in total. The average Bonchev–Trinajstić information content (AvgIpc) is 3.35. The number of hydrogen-bond acceptors (Lipinski definition) is 3. The second kappa shape index (κ2) is 5.34. The van der Waals surface area contributed by atoms with E-state index >= 15 is 0 Å². The molecule has 0 amide bonds. The first kappa shape index (κ1) is 12.6. The molecular weight excluding hydrogens is 236 g/mol. The lowest BCUT2D eigenvalue weighted by Gasteiger charge is -2.41. The zero-order valence-electron chi connectivity index (χ0n) is 12.0. The fraction of sp³-hybridized carbons (Fsp3) is 1.00. The van der Waals surface area contributed by atoms with Crippen molar-refractivity contribution in [3.8, 4) is 0 Å². The Balaban J connectivity index is 1.33. The first-order chi connectivity index (χ1) is 9.40. The standard InChI is InChI=1S/C16H28N2O/c1-2-14(19-9-1)7-8-18-11-15(12-3-4-12)17-10-16(18)13-5-6-13/h12-17H,1-11H2. The fourth-order valence-electron chi connectivity index (χ4n) is 4.05. The van der Waals surface area contributed by atoms with Gasteiger partial charge in [-0.2, -0.15) is 0 Å². The van der Waals surface area contributed by atoms with Gasteiger partial charge < -0.3 is 10.1 Å². The van der Waals surface area contributed by atoms with Crippen LogP contribution in [0, 0.1) is 11.8 Å². The Morgan fingerprint density at radius 2 is 1.89 bits per heavy atom. The normalized spacial score (nSPS) is 40.7. The van der Waals surface area contributed by atoms with E-state index in [9.17, 15) is 0 Å². The summed E-state index contributed by atoms with van der Waals surface area (Å²) in [5.41, 5.74) is 0. The lowest BCUT2D eigenvalue weighted by Crippen LogP contribution is -2.58. The molecule has 3 heteroatoms. The van der Waals surface area contributed by atoms with E-state index in [-0.39, 0.29) is 0 Å². The van der Waals surface area contributed by atoms with Gasteiger partial charge in [0.05, 0.1) is 6.10 Å². The molecule has 0 bridgehead atoms. The smallest absolute Gasteiger partial charge is 0.0588 e. The Hall–Kier alpha value is -0.120. The van der Waals surface area contributed by atoms with E-state index in [0.29, 0.717) is 6.10 Å². The summed E-state index contributed by atoms with van der Waals surface area (Å²) in [5.74, 6) is 1.99. The van der Waals surface area contributed by atoms with Crippen LogP contribution in [0.15, 0.2) is 0 Å². The van der Waals surface area contributed by atoms with Crippen LogP contribution in [-0.2, 0) is 4.74 Å². The van der Waals surface area contributed by atoms with Gasteiger partial charge in [0.2, 0.25) is 0 Å². The topological polar surface area (TPSA) is 24.5 Å². The third kappa shape index (κ3) is 2.98.